The summed E-state index contributed by atoms with van der Waals surface area (Å²) >= 11 is 3.26. The van der Waals surface area contributed by atoms with E-state index in [0.29, 0.717) is 4.47 Å². The molecule has 6 heteroatoms. The van der Waals surface area contributed by atoms with Gasteiger partial charge in [0.05, 0.1) is 4.47 Å². The van der Waals surface area contributed by atoms with Crippen LogP contribution in [0.5, 0.6) is 0 Å². The molecular formula is C13H20BrCl2FN2. The molecule has 1 aliphatic rings. The van der Waals surface area contributed by atoms with Gasteiger partial charge in [-0.15, -0.1) is 24.8 Å². The zero-order valence-corrected chi connectivity index (χ0v) is 14.1. The Labute approximate surface area is 135 Å². The van der Waals surface area contributed by atoms with Crippen LogP contribution in [-0.4, -0.2) is 31.1 Å². The van der Waals surface area contributed by atoms with Gasteiger partial charge in [0.25, 0.3) is 0 Å². The SMILES string of the molecule is CC[C@@H](c1cccc(Br)c1F)N1CCNCC1.Cl.Cl. The fourth-order valence-corrected chi connectivity index (χ4v) is 2.83. The molecule has 1 saturated heterocycles. The van der Waals surface area contributed by atoms with Crippen molar-refractivity contribution in [2.75, 3.05) is 26.2 Å². The van der Waals surface area contributed by atoms with E-state index in [-0.39, 0.29) is 36.7 Å². The van der Waals surface area contributed by atoms with E-state index in [4.69, 9.17) is 0 Å². The molecule has 2 nitrogen and oxygen atoms in total. The summed E-state index contributed by atoms with van der Waals surface area (Å²) in [6.45, 7) is 6.08. The third kappa shape index (κ3) is 4.57. The van der Waals surface area contributed by atoms with Gasteiger partial charge < -0.3 is 5.32 Å². The van der Waals surface area contributed by atoms with E-state index in [9.17, 15) is 4.39 Å². The molecule has 1 heterocycles. The molecule has 0 bridgehead atoms. The molecule has 0 aliphatic carbocycles. The highest BCUT2D eigenvalue weighted by atomic mass is 79.9. The molecule has 2 rings (SSSR count). The predicted molar refractivity (Wildman–Crippen MR) is 86.1 cm³/mol. The molecule has 1 N–H and O–H groups in total. The van der Waals surface area contributed by atoms with Gasteiger partial charge in [-0.2, -0.15) is 0 Å². The van der Waals surface area contributed by atoms with Crippen molar-refractivity contribution in [3.8, 4) is 0 Å². The summed E-state index contributed by atoms with van der Waals surface area (Å²) in [6, 6.07) is 5.75. The molecule has 1 aliphatic heterocycles. The Hall–Kier alpha value is 0.130. The molecule has 0 aromatic heterocycles. The van der Waals surface area contributed by atoms with Gasteiger partial charge >= 0.3 is 0 Å². The van der Waals surface area contributed by atoms with E-state index >= 15 is 0 Å². The summed E-state index contributed by atoms with van der Waals surface area (Å²) in [7, 11) is 0. The van der Waals surface area contributed by atoms with Crippen LogP contribution in [-0.2, 0) is 0 Å². The van der Waals surface area contributed by atoms with E-state index in [1.165, 1.54) is 0 Å². The summed E-state index contributed by atoms with van der Waals surface area (Å²) < 4.78 is 14.7. The Morgan fingerprint density at radius 1 is 1.32 bits per heavy atom. The van der Waals surface area contributed by atoms with Crippen molar-refractivity contribution < 1.29 is 4.39 Å². The summed E-state index contributed by atoms with van der Waals surface area (Å²) in [5.41, 5.74) is 0.809. The van der Waals surface area contributed by atoms with Crippen LogP contribution in [0.3, 0.4) is 0 Å². The van der Waals surface area contributed by atoms with Crippen LogP contribution in [0.15, 0.2) is 22.7 Å². The first-order chi connectivity index (χ1) is 8.24. The van der Waals surface area contributed by atoms with Gasteiger partial charge in [0.2, 0.25) is 0 Å². The number of benzene rings is 1. The van der Waals surface area contributed by atoms with Crippen molar-refractivity contribution in [3.05, 3.63) is 34.1 Å². The van der Waals surface area contributed by atoms with Crippen LogP contribution in [0.4, 0.5) is 4.39 Å². The standard InChI is InChI=1S/C13H18BrFN2.2ClH/c1-2-12(17-8-6-16-7-9-17)10-4-3-5-11(14)13(10)15;;/h3-5,12,16H,2,6-9H2,1H3;2*1H/t12-;;/m0../s1. The molecule has 0 spiro atoms. The fourth-order valence-electron chi connectivity index (χ4n) is 2.45. The maximum Gasteiger partial charge on any atom is 0.142 e. The van der Waals surface area contributed by atoms with Gasteiger partial charge in [0, 0.05) is 37.8 Å². The first-order valence-electron chi connectivity index (χ1n) is 6.12. The van der Waals surface area contributed by atoms with Crippen LogP contribution < -0.4 is 5.32 Å². The summed E-state index contributed by atoms with van der Waals surface area (Å²) in [4.78, 5) is 2.36. The smallest absolute Gasteiger partial charge is 0.142 e. The van der Waals surface area contributed by atoms with Crippen molar-refractivity contribution >= 4 is 40.7 Å². The molecule has 1 aromatic carbocycles. The number of halogens is 4. The Bertz CT molecular complexity index is 387. The fraction of sp³-hybridized carbons (Fsp3) is 0.538. The summed E-state index contributed by atoms with van der Waals surface area (Å²) in [5, 5.41) is 3.33. The Kier molecular flexibility index (Phi) is 9.20. The number of hydrogen-bond acceptors (Lipinski definition) is 2. The van der Waals surface area contributed by atoms with Crippen LogP contribution >= 0.6 is 40.7 Å². The second kappa shape index (κ2) is 9.14. The predicted octanol–water partition coefficient (Wildman–Crippen LogP) is 3.79. The van der Waals surface area contributed by atoms with Gasteiger partial charge in [0.1, 0.15) is 5.82 Å². The molecule has 110 valence electrons. The van der Waals surface area contributed by atoms with E-state index in [1.807, 2.05) is 12.1 Å². The number of hydrogen-bond donors (Lipinski definition) is 1. The Morgan fingerprint density at radius 2 is 1.95 bits per heavy atom. The number of nitrogens with zero attached hydrogens (tertiary/aromatic N) is 1. The average molecular weight is 374 g/mol. The monoisotopic (exact) mass is 372 g/mol. The number of piperazine rings is 1. The Balaban J connectivity index is 0.00000162. The first-order valence-corrected chi connectivity index (χ1v) is 6.92. The Morgan fingerprint density at radius 3 is 2.53 bits per heavy atom. The van der Waals surface area contributed by atoms with Gasteiger partial charge in [0.15, 0.2) is 0 Å². The first kappa shape index (κ1) is 19.1. The van der Waals surface area contributed by atoms with E-state index < -0.39 is 0 Å². The third-order valence-corrected chi connectivity index (χ3v) is 3.93. The summed E-state index contributed by atoms with van der Waals surface area (Å²) in [5.74, 6) is -0.113. The zero-order valence-electron chi connectivity index (χ0n) is 10.9. The third-order valence-electron chi connectivity index (χ3n) is 3.32. The van der Waals surface area contributed by atoms with Crippen LogP contribution in [0.2, 0.25) is 0 Å². The van der Waals surface area contributed by atoms with Crippen LogP contribution in [0, 0.1) is 5.82 Å². The molecule has 1 aromatic rings. The van der Waals surface area contributed by atoms with Gasteiger partial charge in [-0.1, -0.05) is 19.1 Å². The lowest BCUT2D eigenvalue weighted by molar-refractivity contribution is 0.166. The van der Waals surface area contributed by atoms with E-state index in [1.54, 1.807) is 6.07 Å². The van der Waals surface area contributed by atoms with Crippen LogP contribution in [0.25, 0.3) is 0 Å². The molecular weight excluding hydrogens is 354 g/mol. The van der Waals surface area contributed by atoms with E-state index in [0.717, 1.165) is 38.2 Å². The van der Waals surface area contributed by atoms with Crippen molar-refractivity contribution in [2.45, 2.75) is 19.4 Å². The highest BCUT2D eigenvalue weighted by Crippen LogP contribution is 2.29. The molecule has 0 saturated carbocycles. The minimum absolute atomic E-state index is 0. The molecule has 0 radical (unpaired) electrons. The second-order valence-electron chi connectivity index (χ2n) is 4.35. The van der Waals surface area contributed by atoms with Crippen molar-refractivity contribution in [1.29, 1.82) is 0 Å². The highest BCUT2D eigenvalue weighted by molar-refractivity contribution is 9.10. The normalized spacial score (nSPS) is 17.2. The van der Waals surface area contributed by atoms with Gasteiger partial charge in [-0.3, -0.25) is 4.90 Å². The van der Waals surface area contributed by atoms with E-state index in [2.05, 4.69) is 33.1 Å². The zero-order chi connectivity index (χ0) is 12.3. The van der Waals surface area contributed by atoms with Crippen molar-refractivity contribution in [1.82, 2.24) is 10.2 Å². The molecule has 0 amide bonds. The largest absolute Gasteiger partial charge is 0.314 e. The molecule has 0 unspecified atom stereocenters. The number of rotatable bonds is 3. The minimum atomic E-state index is -0.113. The molecule has 19 heavy (non-hydrogen) atoms. The molecule has 1 fully saturated rings. The number of nitrogens with one attached hydrogen (secondary N) is 1. The lowest BCUT2D eigenvalue weighted by atomic mass is 10.0. The molecule has 1 atom stereocenters. The van der Waals surface area contributed by atoms with Crippen molar-refractivity contribution in [3.63, 3.8) is 0 Å². The average Bonchev–Trinajstić information content (AvgIpc) is 2.37. The highest BCUT2D eigenvalue weighted by Gasteiger charge is 2.23. The van der Waals surface area contributed by atoms with Crippen LogP contribution in [0.1, 0.15) is 24.9 Å². The lowest BCUT2D eigenvalue weighted by Crippen LogP contribution is -2.45. The topological polar surface area (TPSA) is 15.3 Å². The maximum absolute atomic E-state index is 14.1. The van der Waals surface area contributed by atoms with Gasteiger partial charge in [-0.25, -0.2) is 4.39 Å². The minimum Gasteiger partial charge on any atom is -0.314 e. The second-order valence-corrected chi connectivity index (χ2v) is 5.21. The van der Waals surface area contributed by atoms with Crippen molar-refractivity contribution in [2.24, 2.45) is 0 Å². The lowest BCUT2D eigenvalue weighted by Gasteiger charge is -2.35. The summed E-state index contributed by atoms with van der Waals surface area (Å²) in [6.07, 6.45) is 0.938. The quantitative estimate of drug-likeness (QED) is 0.867. The maximum atomic E-state index is 14.1. The van der Waals surface area contributed by atoms with Gasteiger partial charge in [-0.05, 0) is 28.4 Å².